The summed E-state index contributed by atoms with van der Waals surface area (Å²) in [5.74, 6) is -1.30. The van der Waals surface area contributed by atoms with Crippen molar-refractivity contribution in [1.82, 2.24) is 0 Å². The van der Waals surface area contributed by atoms with Crippen molar-refractivity contribution in [3.8, 4) is 0 Å². The van der Waals surface area contributed by atoms with Gasteiger partial charge < -0.3 is 20.1 Å². The van der Waals surface area contributed by atoms with E-state index in [1.165, 1.54) is 0 Å². The summed E-state index contributed by atoms with van der Waals surface area (Å²) < 4.78 is 4.71. The minimum absolute atomic E-state index is 0.133. The third kappa shape index (κ3) is 5.06. The fourth-order valence-electron chi connectivity index (χ4n) is 0.623. The van der Waals surface area contributed by atoms with Crippen LogP contribution in [0.15, 0.2) is 0 Å². The molecule has 0 aromatic rings. The number of aliphatic carboxylic acids is 1. The van der Waals surface area contributed by atoms with Gasteiger partial charge in [-0.05, 0) is 0 Å². The van der Waals surface area contributed by atoms with Gasteiger partial charge in [0.15, 0.2) is 0 Å². The summed E-state index contributed by atoms with van der Waals surface area (Å²) in [4.78, 5) is 9.98. The van der Waals surface area contributed by atoms with Crippen LogP contribution in [0, 0.1) is 5.92 Å². The molecular weight excluding hydrogens is 164 g/mol. The first kappa shape index (κ1) is 11.4. The van der Waals surface area contributed by atoms with Gasteiger partial charge in [-0.25, -0.2) is 4.79 Å². The Kier molecular flexibility index (Phi) is 5.61. The van der Waals surface area contributed by atoms with Crippen LogP contribution in [0.5, 0.6) is 0 Å². The molecule has 0 aromatic carbocycles. The SMILES string of the molecule is CC(COCC(=O)O)C(O)CO. The van der Waals surface area contributed by atoms with Crippen molar-refractivity contribution in [2.24, 2.45) is 5.92 Å². The number of aliphatic hydroxyl groups excluding tert-OH is 2. The van der Waals surface area contributed by atoms with E-state index in [0.717, 1.165) is 0 Å². The molecule has 0 aromatic heterocycles. The molecule has 0 amide bonds. The molecule has 0 radical (unpaired) electrons. The van der Waals surface area contributed by atoms with Crippen molar-refractivity contribution in [3.63, 3.8) is 0 Å². The minimum Gasteiger partial charge on any atom is -0.480 e. The number of carbonyl (C=O) groups is 1. The number of hydrogen-bond donors (Lipinski definition) is 3. The maximum absolute atomic E-state index is 9.98. The van der Waals surface area contributed by atoms with Crippen LogP contribution in [-0.4, -0.2) is 47.2 Å². The second-order valence-corrected chi connectivity index (χ2v) is 2.64. The minimum atomic E-state index is -1.04. The number of ether oxygens (including phenoxy) is 1. The summed E-state index contributed by atoms with van der Waals surface area (Å²) in [5.41, 5.74) is 0. The van der Waals surface area contributed by atoms with E-state index in [2.05, 4.69) is 0 Å². The molecule has 5 heteroatoms. The number of hydrogen-bond acceptors (Lipinski definition) is 4. The Morgan fingerprint density at radius 3 is 2.58 bits per heavy atom. The van der Waals surface area contributed by atoms with Crippen LogP contribution in [0.25, 0.3) is 0 Å². The zero-order valence-electron chi connectivity index (χ0n) is 6.93. The van der Waals surface area contributed by atoms with E-state index in [4.69, 9.17) is 20.1 Å². The van der Waals surface area contributed by atoms with E-state index < -0.39 is 12.1 Å². The van der Waals surface area contributed by atoms with Gasteiger partial charge in [-0.2, -0.15) is 0 Å². The van der Waals surface area contributed by atoms with Crippen LogP contribution in [0.1, 0.15) is 6.92 Å². The molecule has 72 valence electrons. The van der Waals surface area contributed by atoms with Crippen molar-refractivity contribution >= 4 is 5.97 Å². The van der Waals surface area contributed by atoms with E-state index >= 15 is 0 Å². The van der Waals surface area contributed by atoms with E-state index in [-0.39, 0.29) is 25.7 Å². The topological polar surface area (TPSA) is 87.0 Å². The summed E-state index contributed by atoms with van der Waals surface area (Å²) in [5, 5.41) is 25.7. The predicted molar refractivity (Wildman–Crippen MR) is 40.7 cm³/mol. The average molecular weight is 178 g/mol. The summed E-state index contributed by atoms with van der Waals surface area (Å²) in [6, 6.07) is 0. The van der Waals surface area contributed by atoms with Crippen LogP contribution in [-0.2, 0) is 9.53 Å². The van der Waals surface area contributed by atoms with Crippen molar-refractivity contribution in [2.75, 3.05) is 19.8 Å². The molecule has 3 N–H and O–H groups in total. The lowest BCUT2D eigenvalue weighted by atomic mass is 10.1. The first-order valence-electron chi connectivity index (χ1n) is 3.66. The molecule has 2 atom stereocenters. The molecule has 12 heavy (non-hydrogen) atoms. The average Bonchev–Trinajstić information content (AvgIpc) is 2.02. The normalized spacial score (nSPS) is 15.6. The maximum Gasteiger partial charge on any atom is 0.329 e. The summed E-state index contributed by atoms with van der Waals surface area (Å²) in [7, 11) is 0. The number of aliphatic hydroxyl groups is 2. The molecule has 0 saturated carbocycles. The lowest BCUT2D eigenvalue weighted by molar-refractivity contribution is -0.143. The zero-order valence-corrected chi connectivity index (χ0v) is 6.93. The van der Waals surface area contributed by atoms with Crippen LogP contribution in [0.4, 0.5) is 0 Å². The third-order valence-corrected chi connectivity index (χ3v) is 1.45. The van der Waals surface area contributed by atoms with Gasteiger partial charge in [-0.15, -0.1) is 0 Å². The van der Waals surface area contributed by atoms with E-state index in [0.29, 0.717) is 0 Å². The molecule has 0 aliphatic rings. The number of rotatable bonds is 6. The number of carboxylic acid groups (broad SMARTS) is 1. The highest BCUT2D eigenvalue weighted by Gasteiger charge is 2.13. The lowest BCUT2D eigenvalue weighted by Gasteiger charge is -2.15. The van der Waals surface area contributed by atoms with E-state index in [1.54, 1.807) is 6.92 Å². The number of carboxylic acids is 1. The van der Waals surface area contributed by atoms with Gasteiger partial charge in [0.25, 0.3) is 0 Å². The van der Waals surface area contributed by atoms with Gasteiger partial charge in [0.05, 0.1) is 19.3 Å². The van der Waals surface area contributed by atoms with Gasteiger partial charge in [0.2, 0.25) is 0 Å². The molecule has 0 fully saturated rings. The van der Waals surface area contributed by atoms with Crippen molar-refractivity contribution in [1.29, 1.82) is 0 Å². The second-order valence-electron chi connectivity index (χ2n) is 2.64. The third-order valence-electron chi connectivity index (χ3n) is 1.45. The molecule has 0 spiro atoms. The predicted octanol–water partition coefficient (Wildman–Crippen LogP) is -0.923. The van der Waals surface area contributed by atoms with Gasteiger partial charge in [0, 0.05) is 5.92 Å². The Morgan fingerprint density at radius 1 is 1.58 bits per heavy atom. The van der Waals surface area contributed by atoms with Gasteiger partial charge in [-0.1, -0.05) is 6.92 Å². The highest BCUT2D eigenvalue weighted by atomic mass is 16.5. The zero-order chi connectivity index (χ0) is 9.56. The second kappa shape index (κ2) is 5.93. The van der Waals surface area contributed by atoms with Crippen molar-refractivity contribution < 1.29 is 24.9 Å². The lowest BCUT2D eigenvalue weighted by Crippen LogP contribution is -2.26. The van der Waals surface area contributed by atoms with Gasteiger partial charge in [0.1, 0.15) is 6.61 Å². The maximum atomic E-state index is 9.98. The fraction of sp³-hybridized carbons (Fsp3) is 0.857. The van der Waals surface area contributed by atoms with Crippen molar-refractivity contribution in [2.45, 2.75) is 13.0 Å². The van der Waals surface area contributed by atoms with Gasteiger partial charge in [-0.3, -0.25) is 0 Å². The molecule has 0 aliphatic carbocycles. The largest absolute Gasteiger partial charge is 0.480 e. The van der Waals surface area contributed by atoms with Crippen molar-refractivity contribution in [3.05, 3.63) is 0 Å². The fourth-order valence-corrected chi connectivity index (χ4v) is 0.623. The Balaban J connectivity index is 3.43. The van der Waals surface area contributed by atoms with E-state index in [9.17, 15) is 4.79 Å². The van der Waals surface area contributed by atoms with E-state index in [1.807, 2.05) is 0 Å². The summed E-state index contributed by atoms with van der Waals surface area (Å²) in [6.07, 6.45) is -0.848. The molecule has 0 heterocycles. The Labute approximate surface area is 70.6 Å². The Bertz CT molecular complexity index is 136. The molecule has 0 rings (SSSR count). The Hall–Kier alpha value is -0.650. The smallest absolute Gasteiger partial charge is 0.329 e. The first-order chi connectivity index (χ1) is 5.57. The highest BCUT2D eigenvalue weighted by molar-refractivity contribution is 5.67. The quantitative estimate of drug-likeness (QED) is 0.489. The summed E-state index contributed by atoms with van der Waals surface area (Å²) >= 11 is 0. The Morgan fingerprint density at radius 2 is 2.17 bits per heavy atom. The molecule has 2 unspecified atom stereocenters. The van der Waals surface area contributed by atoms with Crippen LogP contribution in [0.3, 0.4) is 0 Å². The molecular formula is C7H14O5. The summed E-state index contributed by atoms with van der Waals surface area (Å²) in [6.45, 7) is 1.09. The molecule has 0 saturated heterocycles. The molecule has 0 aliphatic heterocycles. The monoisotopic (exact) mass is 178 g/mol. The highest BCUT2D eigenvalue weighted by Crippen LogP contribution is 2.02. The molecule has 5 nitrogen and oxygen atoms in total. The van der Waals surface area contributed by atoms with Crippen LogP contribution in [0.2, 0.25) is 0 Å². The standard InChI is InChI=1S/C7H14O5/c1-5(6(9)2-8)3-12-4-7(10)11/h5-6,8-9H,2-4H2,1H3,(H,10,11). The van der Waals surface area contributed by atoms with Crippen LogP contribution < -0.4 is 0 Å². The molecule has 0 bridgehead atoms. The van der Waals surface area contributed by atoms with Crippen LogP contribution >= 0.6 is 0 Å². The first-order valence-corrected chi connectivity index (χ1v) is 3.66. The van der Waals surface area contributed by atoms with Gasteiger partial charge >= 0.3 is 5.97 Å².